The van der Waals surface area contributed by atoms with Crippen LogP contribution >= 0.6 is 0 Å². The molecular weight excluding hydrogens is 200 g/mol. The molecule has 1 aliphatic rings. The van der Waals surface area contributed by atoms with E-state index >= 15 is 0 Å². The van der Waals surface area contributed by atoms with Crippen LogP contribution in [0.2, 0.25) is 0 Å². The van der Waals surface area contributed by atoms with Gasteiger partial charge in [0.1, 0.15) is 12.2 Å². The van der Waals surface area contributed by atoms with Crippen LogP contribution in [0.15, 0.2) is 6.33 Å². The van der Waals surface area contributed by atoms with Crippen LogP contribution in [-0.4, -0.2) is 27.9 Å². The molecule has 4 heteroatoms. The molecule has 1 N–H and O–H groups in total. The highest BCUT2D eigenvalue weighted by Crippen LogP contribution is 2.28. The molecule has 2 rings (SSSR count). The van der Waals surface area contributed by atoms with Crippen molar-refractivity contribution in [2.75, 3.05) is 7.05 Å². The molecule has 0 saturated heterocycles. The zero-order valence-corrected chi connectivity index (χ0v) is 10.5. The van der Waals surface area contributed by atoms with Crippen LogP contribution in [0.4, 0.5) is 0 Å². The summed E-state index contributed by atoms with van der Waals surface area (Å²) < 4.78 is 2.05. The molecule has 4 nitrogen and oxygen atoms in total. The zero-order valence-electron chi connectivity index (χ0n) is 10.5. The van der Waals surface area contributed by atoms with Crippen molar-refractivity contribution in [1.82, 2.24) is 20.1 Å². The average molecular weight is 222 g/mol. The Morgan fingerprint density at radius 2 is 2.31 bits per heavy atom. The molecule has 1 aromatic heterocycles. The quantitative estimate of drug-likeness (QED) is 0.844. The highest BCUT2D eigenvalue weighted by molar-refractivity contribution is 4.94. The van der Waals surface area contributed by atoms with Gasteiger partial charge in [-0.15, -0.1) is 0 Å². The Morgan fingerprint density at radius 1 is 1.50 bits per heavy atom. The third-order valence-electron chi connectivity index (χ3n) is 3.61. The van der Waals surface area contributed by atoms with Gasteiger partial charge in [-0.3, -0.25) is 0 Å². The second-order valence-corrected chi connectivity index (χ2v) is 5.00. The number of hydrogen-bond donors (Lipinski definition) is 1. The minimum absolute atomic E-state index is 0.409. The molecule has 0 aromatic carbocycles. The first-order valence-electron chi connectivity index (χ1n) is 6.28. The van der Waals surface area contributed by atoms with Crippen LogP contribution in [0.25, 0.3) is 0 Å². The molecule has 0 amide bonds. The first-order valence-corrected chi connectivity index (χ1v) is 6.28. The summed E-state index contributed by atoms with van der Waals surface area (Å²) in [4.78, 5) is 4.39. The maximum absolute atomic E-state index is 4.39. The van der Waals surface area contributed by atoms with Gasteiger partial charge in [-0.25, -0.2) is 9.67 Å². The molecule has 0 aliphatic heterocycles. The largest absolute Gasteiger partial charge is 0.317 e. The molecule has 1 aromatic rings. The van der Waals surface area contributed by atoms with Gasteiger partial charge in [-0.05, 0) is 39.7 Å². The molecule has 1 aliphatic carbocycles. The third-order valence-corrected chi connectivity index (χ3v) is 3.61. The minimum Gasteiger partial charge on any atom is -0.317 e. The van der Waals surface area contributed by atoms with Crippen molar-refractivity contribution in [2.45, 2.75) is 51.6 Å². The lowest BCUT2D eigenvalue weighted by atomic mass is 9.99. The van der Waals surface area contributed by atoms with E-state index in [1.807, 2.05) is 4.68 Å². The monoisotopic (exact) mass is 222 g/mol. The summed E-state index contributed by atoms with van der Waals surface area (Å²) in [5, 5.41) is 7.71. The summed E-state index contributed by atoms with van der Waals surface area (Å²) in [6.45, 7) is 4.31. The van der Waals surface area contributed by atoms with E-state index < -0.39 is 0 Å². The lowest BCUT2D eigenvalue weighted by Gasteiger charge is -2.19. The van der Waals surface area contributed by atoms with Crippen molar-refractivity contribution >= 4 is 0 Å². The van der Waals surface area contributed by atoms with E-state index in [-0.39, 0.29) is 0 Å². The maximum atomic E-state index is 4.39. The van der Waals surface area contributed by atoms with Gasteiger partial charge in [0.25, 0.3) is 0 Å². The Kier molecular flexibility index (Phi) is 3.59. The van der Waals surface area contributed by atoms with Crippen molar-refractivity contribution in [3.05, 3.63) is 12.2 Å². The highest BCUT2D eigenvalue weighted by Gasteiger charge is 2.27. The van der Waals surface area contributed by atoms with E-state index in [0.717, 1.165) is 18.2 Å². The molecule has 90 valence electrons. The molecule has 0 spiro atoms. The van der Waals surface area contributed by atoms with Gasteiger partial charge < -0.3 is 5.32 Å². The van der Waals surface area contributed by atoms with Crippen LogP contribution in [0.1, 0.15) is 45.0 Å². The second kappa shape index (κ2) is 4.95. The summed E-state index contributed by atoms with van der Waals surface area (Å²) in [6, 6.07) is 1.07. The van der Waals surface area contributed by atoms with Crippen molar-refractivity contribution < 1.29 is 0 Å². The average Bonchev–Trinajstić information content (AvgIpc) is 2.86. The number of nitrogens with zero attached hydrogens (tertiary/aromatic N) is 3. The van der Waals surface area contributed by atoms with Crippen LogP contribution in [0, 0.1) is 5.92 Å². The molecule has 0 bridgehead atoms. The van der Waals surface area contributed by atoms with E-state index in [1.54, 1.807) is 6.33 Å². The predicted molar refractivity (Wildman–Crippen MR) is 64.3 cm³/mol. The fourth-order valence-electron chi connectivity index (χ4n) is 2.75. The first-order chi connectivity index (χ1) is 7.72. The van der Waals surface area contributed by atoms with Gasteiger partial charge in [0.05, 0.1) is 0 Å². The Labute approximate surface area is 97.5 Å². The Hall–Kier alpha value is -0.900. The van der Waals surface area contributed by atoms with Crippen molar-refractivity contribution in [2.24, 2.45) is 5.92 Å². The molecule has 16 heavy (non-hydrogen) atoms. The fourth-order valence-corrected chi connectivity index (χ4v) is 2.75. The van der Waals surface area contributed by atoms with Gasteiger partial charge in [-0.1, -0.05) is 6.42 Å². The van der Waals surface area contributed by atoms with Crippen molar-refractivity contribution in [1.29, 1.82) is 0 Å². The van der Waals surface area contributed by atoms with Crippen LogP contribution in [0.3, 0.4) is 0 Å². The number of nitrogens with one attached hydrogen (secondary N) is 1. The summed E-state index contributed by atoms with van der Waals surface area (Å²) >= 11 is 0. The van der Waals surface area contributed by atoms with Gasteiger partial charge in [0.15, 0.2) is 0 Å². The topological polar surface area (TPSA) is 42.7 Å². The minimum atomic E-state index is 0.409. The Bertz CT molecular complexity index is 332. The number of hydrogen-bond acceptors (Lipinski definition) is 3. The van der Waals surface area contributed by atoms with Crippen molar-refractivity contribution in [3.63, 3.8) is 0 Å². The summed E-state index contributed by atoms with van der Waals surface area (Å²) in [6.07, 6.45) is 6.70. The summed E-state index contributed by atoms with van der Waals surface area (Å²) in [5.41, 5.74) is 0. The van der Waals surface area contributed by atoms with E-state index in [0.29, 0.717) is 12.1 Å². The molecule has 0 radical (unpaired) electrons. The Morgan fingerprint density at radius 3 is 3.00 bits per heavy atom. The van der Waals surface area contributed by atoms with E-state index in [1.165, 1.54) is 19.3 Å². The van der Waals surface area contributed by atoms with E-state index in [4.69, 9.17) is 0 Å². The van der Waals surface area contributed by atoms with Gasteiger partial charge in [0, 0.05) is 18.5 Å². The Balaban J connectivity index is 2.05. The van der Waals surface area contributed by atoms with E-state index in [9.17, 15) is 0 Å². The van der Waals surface area contributed by atoms with Crippen LogP contribution in [-0.2, 0) is 6.42 Å². The molecule has 2 atom stereocenters. The van der Waals surface area contributed by atoms with Gasteiger partial charge in [-0.2, -0.15) is 5.10 Å². The fraction of sp³-hybridized carbons (Fsp3) is 0.833. The van der Waals surface area contributed by atoms with Crippen LogP contribution in [0.5, 0.6) is 0 Å². The standard InChI is InChI=1S/C12H22N4/c1-9(2)16-12(14-8-15-16)7-10-5-4-6-11(10)13-3/h8-11,13H,4-7H2,1-3H3. The molecule has 1 fully saturated rings. The van der Waals surface area contributed by atoms with E-state index in [2.05, 4.69) is 36.3 Å². The molecular formula is C12H22N4. The van der Waals surface area contributed by atoms with Gasteiger partial charge in [0.2, 0.25) is 0 Å². The zero-order chi connectivity index (χ0) is 11.5. The highest BCUT2D eigenvalue weighted by atomic mass is 15.3. The number of rotatable bonds is 4. The summed E-state index contributed by atoms with van der Waals surface area (Å²) in [7, 11) is 2.07. The summed E-state index contributed by atoms with van der Waals surface area (Å²) in [5.74, 6) is 1.87. The predicted octanol–water partition coefficient (Wildman–Crippen LogP) is 1.79. The molecule has 1 heterocycles. The maximum Gasteiger partial charge on any atom is 0.138 e. The molecule has 2 unspecified atom stereocenters. The lowest BCUT2D eigenvalue weighted by molar-refractivity contribution is 0.397. The van der Waals surface area contributed by atoms with Crippen LogP contribution < -0.4 is 5.32 Å². The second-order valence-electron chi connectivity index (χ2n) is 5.00. The normalized spacial score (nSPS) is 25.5. The smallest absolute Gasteiger partial charge is 0.138 e. The third kappa shape index (κ3) is 2.26. The van der Waals surface area contributed by atoms with Crippen molar-refractivity contribution in [3.8, 4) is 0 Å². The lowest BCUT2D eigenvalue weighted by Crippen LogP contribution is -2.30. The first kappa shape index (κ1) is 11.6. The SMILES string of the molecule is CNC1CCCC1Cc1ncnn1C(C)C. The van der Waals surface area contributed by atoms with Gasteiger partial charge >= 0.3 is 0 Å². The molecule has 1 saturated carbocycles. The number of aromatic nitrogens is 3.